The van der Waals surface area contributed by atoms with Crippen molar-refractivity contribution in [1.82, 2.24) is 25.3 Å². The summed E-state index contributed by atoms with van der Waals surface area (Å²) in [7, 11) is 0. The van der Waals surface area contributed by atoms with Crippen molar-refractivity contribution in [2.75, 3.05) is 31.3 Å². The minimum Gasteiger partial charge on any atom is -0.394 e. The molecule has 0 radical (unpaired) electrons. The number of carbonyl (C=O) groups excluding carboxylic acids is 1. The minimum absolute atomic E-state index is 0.0347. The number of rotatable bonds is 11. The number of aromatic nitrogens is 5. The van der Waals surface area contributed by atoms with Crippen LogP contribution in [0.3, 0.4) is 0 Å². The number of aliphatic hydroxyl groups excluding tert-OH is 1. The van der Waals surface area contributed by atoms with Gasteiger partial charge in [0.2, 0.25) is 0 Å². The number of nitroso groups, excluding NO2 is 1. The Kier molecular flexibility index (Phi) is 6.12. The summed E-state index contributed by atoms with van der Waals surface area (Å²) in [6.07, 6.45) is 2.48. The fourth-order valence-electron chi connectivity index (χ4n) is 2.55. The maximum atomic E-state index is 11.1. The molecule has 0 spiro atoms. The van der Waals surface area contributed by atoms with Crippen LogP contribution in [0.25, 0.3) is 11.0 Å². The third-order valence-electron chi connectivity index (χ3n) is 3.75. The Morgan fingerprint density at radius 1 is 1.30 bits per heavy atom. The van der Waals surface area contributed by atoms with Crippen LogP contribution in [0, 0.1) is 4.91 Å². The number of benzene rings is 1. The summed E-state index contributed by atoms with van der Waals surface area (Å²) in [6, 6.07) is 3.11. The van der Waals surface area contributed by atoms with Crippen LogP contribution in [0.2, 0.25) is 0 Å². The topological polar surface area (TPSA) is 149 Å². The first-order valence-electron chi connectivity index (χ1n) is 8.11. The molecular weight excluding hydrogens is 358 g/mol. The Morgan fingerprint density at radius 2 is 2.15 bits per heavy atom. The molecular formula is C15H17N7O5. The van der Waals surface area contributed by atoms with Crippen molar-refractivity contribution in [2.24, 2.45) is 5.18 Å². The minimum atomic E-state index is -0.0347. The zero-order valence-corrected chi connectivity index (χ0v) is 14.3. The van der Waals surface area contributed by atoms with E-state index in [9.17, 15) is 9.70 Å². The van der Waals surface area contributed by atoms with Crippen LogP contribution < -0.4 is 4.90 Å². The number of aldehydes is 1. The van der Waals surface area contributed by atoms with Gasteiger partial charge in [-0.25, -0.2) is 9.31 Å². The molecule has 0 aliphatic carbocycles. The van der Waals surface area contributed by atoms with E-state index >= 15 is 0 Å². The number of fused-ring (bicyclic) bond motifs is 1. The van der Waals surface area contributed by atoms with E-state index in [1.807, 2.05) is 0 Å². The molecule has 0 fully saturated rings. The van der Waals surface area contributed by atoms with Gasteiger partial charge in [-0.15, -0.1) is 10.0 Å². The number of carbonyl (C=O) groups is 1. The van der Waals surface area contributed by atoms with E-state index < -0.39 is 0 Å². The van der Waals surface area contributed by atoms with Gasteiger partial charge in [0.05, 0.1) is 51.3 Å². The summed E-state index contributed by atoms with van der Waals surface area (Å²) in [5, 5.41) is 27.2. The number of aliphatic hydroxyl groups is 1. The zero-order valence-electron chi connectivity index (χ0n) is 14.3. The molecule has 0 bridgehead atoms. The standard InChI is InChI=1S/C15H17N7O5/c23-5-3-21(9-11-10-22(20-16-11)4-7-26-8-6-24)13-2-1-12(17-25)14-15(13)19-27-18-14/h1-2,5,10,24H,3-4,6-9H2. The van der Waals surface area contributed by atoms with E-state index in [2.05, 4.69) is 25.8 Å². The number of ether oxygens (including phenoxy) is 1. The predicted octanol–water partition coefficient (Wildman–Crippen LogP) is 0.427. The molecule has 1 N–H and O–H groups in total. The highest BCUT2D eigenvalue weighted by Gasteiger charge is 2.18. The number of nitrogens with zero attached hydrogens (tertiary/aromatic N) is 7. The molecule has 12 nitrogen and oxygen atoms in total. The van der Waals surface area contributed by atoms with Crippen LogP contribution in [0.15, 0.2) is 28.1 Å². The van der Waals surface area contributed by atoms with Gasteiger partial charge in [0, 0.05) is 0 Å². The van der Waals surface area contributed by atoms with Gasteiger partial charge < -0.3 is 19.5 Å². The summed E-state index contributed by atoms with van der Waals surface area (Å²) in [5.41, 5.74) is 1.85. The quantitative estimate of drug-likeness (QED) is 0.284. The second kappa shape index (κ2) is 8.91. The molecule has 2 heterocycles. The number of hydrogen-bond acceptors (Lipinski definition) is 11. The Bertz CT molecular complexity index is 909. The Labute approximate surface area is 152 Å². The van der Waals surface area contributed by atoms with E-state index in [1.165, 1.54) is 6.07 Å². The predicted molar refractivity (Wildman–Crippen MR) is 92.3 cm³/mol. The van der Waals surface area contributed by atoms with E-state index in [-0.39, 0.29) is 37.5 Å². The average Bonchev–Trinajstić information content (AvgIpc) is 3.34. The third kappa shape index (κ3) is 4.30. The van der Waals surface area contributed by atoms with E-state index in [4.69, 9.17) is 14.5 Å². The van der Waals surface area contributed by atoms with Crippen LogP contribution in [0.1, 0.15) is 5.69 Å². The van der Waals surface area contributed by atoms with E-state index in [0.717, 1.165) is 6.29 Å². The van der Waals surface area contributed by atoms with E-state index in [1.54, 1.807) is 21.8 Å². The van der Waals surface area contributed by atoms with Crippen molar-refractivity contribution in [3.63, 3.8) is 0 Å². The SMILES string of the molecule is O=CCN(Cc1cn(CCOCCO)nn1)c1ccc(N=O)c2nonc12. The zero-order chi connectivity index (χ0) is 19.1. The van der Waals surface area contributed by atoms with Gasteiger partial charge in [-0.05, 0) is 27.6 Å². The van der Waals surface area contributed by atoms with Crippen LogP contribution in [-0.4, -0.2) is 63.1 Å². The van der Waals surface area contributed by atoms with Crippen LogP contribution >= 0.6 is 0 Å². The fraction of sp³-hybridized carbons (Fsp3) is 0.400. The maximum absolute atomic E-state index is 11.1. The Balaban J connectivity index is 1.77. The van der Waals surface area contributed by atoms with Crippen molar-refractivity contribution in [2.45, 2.75) is 13.1 Å². The van der Waals surface area contributed by atoms with Gasteiger partial charge in [-0.3, -0.25) is 0 Å². The first-order valence-corrected chi connectivity index (χ1v) is 8.11. The molecule has 1 aromatic carbocycles. The molecule has 2 aromatic heterocycles. The molecule has 0 aliphatic rings. The van der Waals surface area contributed by atoms with Crippen LogP contribution in [0.5, 0.6) is 0 Å². The first kappa shape index (κ1) is 18.5. The van der Waals surface area contributed by atoms with Crippen molar-refractivity contribution in [3.8, 4) is 0 Å². The van der Waals surface area contributed by atoms with Crippen LogP contribution in [-0.2, 0) is 22.6 Å². The van der Waals surface area contributed by atoms with E-state index in [0.29, 0.717) is 30.0 Å². The Hall–Kier alpha value is -3.25. The van der Waals surface area contributed by atoms with Gasteiger partial charge in [0.15, 0.2) is 11.0 Å². The molecule has 0 amide bonds. The lowest BCUT2D eigenvalue weighted by Crippen LogP contribution is -2.25. The van der Waals surface area contributed by atoms with Crippen LogP contribution in [0.4, 0.5) is 11.4 Å². The second-order valence-corrected chi connectivity index (χ2v) is 5.51. The summed E-state index contributed by atoms with van der Waals surface area (Å²) < 4.78 is 11.5. The molecule has 0 atom stereocenters. The van der Waals surface area contributed by atoms with Gasteiger partial charge in [0.25, 0.3) is 0 Å². The van der Waals surface area contributed by atoms with Gasteiger partial charge >= 0.3 is 0 Å². The number of hydrogen-bond donors (Lipinski definition) is 1. The smallest absolute Gasteiger partial charge is 0.166 e. The average molecular weight is 375 g/mol. The van der Waals surface area contributed by atoms with Crippen molar-refractivity contribution in [3.05, 3.63) is 28.9 Å². The lowest BCUT2D eigenvalue weighted by atomic mass is 10.2. The number of anilines is 1. The largest absolute Gasteiger partial charge is 0.394 e. The summed E-state index contributed by atoms with van der Waals surface area (Å²) in [6.45, 7) is 1.47. The van der Waals surface area contributed by atoms with Crippen molar-refractivity contribution < 1.29 is 19.3 Å². The fourth-order valence-corrected chi connectivity index (χ4v) is 2.55. The summed E-state index contributed by atoms with van der Waals surface area (Å²) >= 11 is 0. The molecule has 0 saturated carbocycles. The van der Waals surface area contributed by atoms with Gasteiger partial charge in [-0.2, -0.15) is 0 Å². The molecule has 0 unspecified atom stereocenters. The van der Waals surface area contributed by atoms with Crippen molar-refractivity contribution >= 4 is 28.7 Å². The monoisotopic (exact) mass is 375 g/mol. The molecule has 0 saturated heterocycles. The molecule has 3 aromatic rings. The third-order valence-corrected chi connectivity index (χ3v) is 3.75. The highest BCUT2D eigenvalue weighted by molar-refractivity contribution is 5.95. The lowest BCUT2D eigenvalue weighted by Gasteiger charge is -2.21. The molecule has 27 heavy (non-hydrogen) atoms. The van der Waals surface area contributed by atoms with Crippen molar-refractivity contribution in [1.29, 1.82) is 0 Å². The highest BCUT2D eigenvalue weighted by atomic mass is 16.6. The highest BCUT2D eigenvalue weighted by Crippen LogP contribution is 2.31. The maximum Gasteiger partial charge on any atom is 0.166 e. The molecule has 12 heteroatoms. The van der Waals surface area contributed by atoms with Gasteiger partial charge in [-0.1, -0.05) is 5.21 Å². The van der Waals surface area contributed by atoms with Gasteiger partial charge in [0.1, 0.15) is 17.7 Å². The Morgan fingerprint density at radius 3 is 2.93 bits per heavy atom. The second-order valence-electron chi connectivity index (χ2n) is 5.51. The lowest BCUT2D eigenvalue weighted by molar-refractivity contribution is -0.106. The normalized spacial score (nSPS) is 11.0. The first-order chi connectivity index (χ1) is 13.3. The summed E-state index contributed by atoms with van der Waals surface area (Å²) in [4.78, 5) is 23.7. The molecule has 0 aliphatic heterocycles. The molecule has 3 rings (SSSR count). The summed E-state index contributed by atoms with van der Waals surface area (Å²) in [5.74, 6) is 0. The molecule has 142 valence electrons.